The zero-order valence-electron chi connectivity index (χ0n) is 18.0. The molecule has 3 rings (SSSR count). The van der Waals surface area contributed by atoms with Gasteiger partial charge in [-0.05, 0) is 50.5 Å². The number of halogens is 2. The second-order valence-electron chi connectivity index (χ2n) is 7.85. The third-order valence-electron chi connectivity index (χ3n) is 5.83. The van der Waals surface area contributed by atoms with Gasteiger partial charge in [0.15, 0.2) is 0 Å². The lowest BCUT2D eigenvalue weighted by atomic mass is 9.95. The summed E-state index contributed by atoms with van der Waals surface area (Å²) in [5.74, 6) is -2.22. The average Bonchev–Trinajstić information content (AvgIpc) is 2.77. The third-order valence-corrected chi connectivity index (χ3v) is 5.83. The number of benzene rings is 2. The van der Waals surface area contributed by atoms with Gasteiger partial charge in [0.2, 0.25) is 5.91 Å². The summed E-state index contributed by atoms with van der Waals surface area (Å²) in [7, 11) is 0. The lowest BCUT2D eigenvalue weighted by molar-refractivity contribution is -0.126. The molecule has 1 aliphatic heterocycles. The van der Waals surface area contributed by atoms with Crippen molar-refractivity contribution in [3.63, 3.8) is 0 Å². The molecule has 1 fully saturated rings. The molecule has 31 heavy (non-hydrogen) atoms. The molecule has 0 aliphatic carbocycles. The summed E-state index contributed by atoms with van der Waals surface area (Å²) in [4.78, 5) is 28.8. The van der Waals surface area contributed by atoms with Gasteiger partial charge in [0, 0.05) is 50.4 Å². The molecule has 1 saturated heterocycles. The van der Waals surface area contributed by atoms with Crippen LogP contribution in [0.15, 0.2) is 42.5 Å². The Balaban J connectivity index is 1.47. The van der Waals surface area contributed by atoms with Gasteiger partial charge in [0.1, 0.15) is 11.6 Å². The number of hydrogen-bond donors (Lipinski definition) is 1. The SMILES string of the molecule is CCN(CCNC(=O)C1CCN(C(=O)c2ccc(F)cc2F)CC1)c1ccccc1C. The van der Waals surface area contributed by atoms with Crippen LogP contribution in [0.3, 0.4) is 0 Å². The number of likely N-dealkylation sites (tertiary alicyclic amines) is 1. The first-order valence-electron chi connectivity index (χ1n) is 10.7. The van der Waals surface area contributed by atoms with Crippen LogP contribution in [0.2, 0.25) is 0 Å². The molecule has 0 bridgehead atoms. The van der Waals surface area contributed by atoms with Crippen molar-refractivity contribution in [1.29, 1.82) is 0 Å². The van der Waals surface area contributed by atoms with Crippen LogP contribution in [-0.4, -0.2) is 49.4 Å². The number of likely N-dealkylation sites (N-methyl/N-ethyl adjacent to an activating group) is 1. The summed E-state index contributed by atoms with van der Waals surface area (Å²) in [5.41, 5.74) is 2.23. The molecule has 0 saturated carbocycles. The second-order valence-corrected chi connectivity index (χ2v) is 7.85. The van der Waals surface area contributed by atoms with Crippen LogP contribution in [0.1, 0.15) is 35.7 Å². The topological polar surface area (TPSA) is 52.7 Å². The van der Waals surface area contributed by atoms with Crippen LogP contribution in [0, 0.1) is 24.5 Å². The Bertz CT molecular complexity index is 927. The Labute approximate surface area is 182 Å². The van der Waals surface area contributed by atoms with E-state index in [2.05, 4.69) is 36.2 Å². The molecule has 2 amide bonds. The highest BCUT2D eigenvalue weighted by Crippen LogP contribution is 2.21. The van der Waals surface area contributed by atoms with Crippen molar-refractivity contribution in [1.82, 2.24) is 10.2 Å². The predicted octanol–water partition coefficient (Wildman–Crippen LogP) is 3.77. The Morgan fingerprint density at radius 2 is 1.84 bits per heavy atom. The van der Waals surface area contributed by atoms with E-state index in [1.807, 2.05) is 12.1 Å². The second kappa shape index (κ2) is 10.4. The molecular formula is C24H29F2N3O2. The fraction of sp³-hybridized carbons (Fsp3) is 0.417. The minimum Gasteiger partial charge on any atom is -0.370 e. The van der Waals surface area contributed by atoms with Crippen molar-refractivity contribution in [2.24, 2.45) is 5.92 Å². The molecule has 166 valence electrons. The number of carbonyl (C=O) groups excluding carboxylic acids is 2. The first kappa shape index (κ1) is 22.7. The molecule has 0 atom stereocenters. The monoisotopic (exact) mass is 429 g/mol. The van der Waals surface area contributed by atoms with E-state index in [1.54, 1.807) is 0 Å². The first-order valence-corrected chi connectivity index (χ1v) is 10.7. The lowest BCUT2D eigenvalue weighted by Crippen LogP contribution is -2.44. The number of hydrogen-bond acceptors (Lipinski definition) is 3. The van der Waals surface area contributed by atoms with Gasteiger partial charge >= 0.3 is 0 Å². The summed E-state index contributed by atoms with van der Waals surface area (Å²) < 4.78 is 27.0. The van der Waals surface area contributed by atoms with Gasteiger partial charge < -0.3 is 15.1 Å². The minimum absolute atomic E-state index is 0.0131. The minimum atomic E-state index is -0.862. The number of para-hydroxylation sites is 1. The molecule has 0 aromatic heterocycles. The van der Waals surface area contributed by atoms with Crippen molar-refractivity contribution >= 4 is 17.5 Å². The molecule has 1 N–H and O–H groups in total. The number of carbonyl (C=O) groups is 2. The summed E-state index contributed by atoms with van der Waals surface area (Å²) in [6.45, 7) is 7.01. The first-order chi connectivity index (χ1) is 14.9. The summed E-state index contributed by atoms with van der Waals surface area (Å²) in [5, 5.41) is 3.01. The molecule has 0 unspecified atom stereocenters. The van der Waals surface area contributed by atoms with Crippen LogP contribution in [0.5, 0.6) is 0 Å². The van der Waals surface area contributed by atoms with E-state index in [1.165, 1.54) is 22.2 Å². The van der Waals surface area contributed by atoms with Crippen LogP contribution in [-0.2, 0) is 4.79 Å². The summed E-state index contributed by atoms with van der Waals surface area (Å²) in [6, 6.07) is 11.1. The quantitative estimate of drug-likeness (QED) is 0.729. The summed E-state index contributed by atoms with van der Waals surface area (Å²) >= 11 is 0. The van der Waals surface area contributed by atoms with Crippen LogP contribution in [0.25, 0.3) is 0 Å². The molecule has 0 spiro atoms. The maximum Gasteiger partial charge on any atom is 0.256 e. The highest BCUT2D eigenvalue weighted by Gasteiger charge is 2.28. The van der Waals surface area contributed by atoms with Crippen LogP contribution < -0.4 is 10.2 Å². The highest BCUT2D eigenvalue weighted by molar-refractivity contribution is 5.94. The number of anilines is 1. The summed E-state index contributed by atoms with van der Waals surface area (Å²) in [6.07, 6.45) is 1.05. The maximum absolute atomic E-state index is 13.9. The largest absolute Gasteiger partial charge is 0.370 e. The van der Waals surface area contributed by atoms with E-state index < -0.39 is 17.5 Å². The fourth-order valence-corrected chi connectivity index (χ4v) is 4.00. The normalized spacial score (nSPS) is 14.4. The number of aryl methyl sites for hydroxylation is 1. The van der Waals surface area contributed by atoms with Gasteiger partial charge in [-0.15, -0.1) is 0 Å². The van der Waals surface area contributed by atoms with Crippen molar-refractivity contribution in [2.45, 2.75) is 26.7 Å². The molecule has 2 aromatic carbocycles. The van der Waals surface area contributed by atoms with Gasteiger partial charge in [0.25, 0.3) is 5.91 Å². The molecule has 7 heteroatoms. The number of rotatable bonds is 7. The van der Waals surface area contributed by atoms with Gasteiger partial charge in [-0.3, -0.25) is 9.59 Å². The Kier molecular flexibility index (Phi) is 7.60. The maximum atomic E-state index is 13.9. The number of nitrogens with zero attached hydrogens (tertiary/aromatic N) is 2. The van der Waals surface area contributed by atoms with Crippen LogP contribution in [0.4, 0.5) is 14.5 Å². The molecule has 1 aliphatic rings. The molecular weight excluding hydrogens is 400 g/mol. The predicted molar refractivity (Wildman–Crippen MR) is 117 cm³/mol. The lowest BCUT2D eigenvalue weighted by Gasteiger charge is -2.32. The number of piperidine rings is 1. The Hall–Kier alpha value is -2.96. The number of amides is 2. The van der Waals surface area contributed by atoms with Gasteiger partial charge in [-0.2, -0.15) is 0 Å². The molecule has 0 radical (unpaired) electrons. The van der Waals surface area contributed by atoms with Crippen molar-refractivity contribution in [3.8, 4) is 0 Å². The highest BCUT2D eigenvalue weighted by atomic mass is 19.1. The molecule has 1 heterocycles. The average molecular weight is 430 g/mol. The fourth-order valence-electron chi connectivity index (χ4n) is 4.00. The number of nitrogens with one attached hydrogen (secondary N) is 1. The van der Waals surface area contributed by atoms with E-state index in [4.69, 9.17) is 0 Å². The van der Waals surface area contributed by atoms with Crippen molar-refractivity contribution in [2.75, 3.05) is 37.6 Å². The zero-order chi connectivity index (χ0) is 22.4. The standard InChI is InChI=1S/C24H29F2N3O2/c1-3-28(22-7-5-4-6-17(22)2)15-12-27-23(30)18-10-13-29(14-11-18)24(31)20-9-8-19(25)16-21(20)26/h4-9,16,18H,3,10-15H2,1-2H3,(H,27,30). The van der Waals surface area contributed by atoms with E-state index >= 15 is 0 Å². The smallest absolute Gasteiger partial charge is 0.256 e. The van der Waals surface area contributed by atoms with Crippen molar-refractivity contribution in [3.05, 3.63) is 65.2 Å². The molecule has 5 nitrogen and oxygen atoms in total. The zero-order valence-corrected chi connectivity index (χ0v) is 18.0. The van der Waals surface area contributed by atoms with E-state index in [-0.39, 0.29) is 17.4 Å². The Morgan fingerprint density at radius 1 is 1.13 bits per heavy atom. The van der Waals surface area contributed by atoms with Gasteiger partial charge in [-0.1, -0.05) is 18.2 Å². The Morgan fingerprint density at radius 3 is 2.48 bits per heavy atom. The van der Waals surface area contributed by atoms with Crippen molar-refractivity contribution < 1.29 is 18.4 Å². The third kappa shape index (κ3) is 5.60. The van der Waals surface area contributed by atoms with E-state index in [9.17, 15) is 18.4 Å². The molecule has 2 aromatic rings. The van der Waals surface area contributed by atoms with Gasteiger partial charge in [0.05, 0.1) is 5.56 Å². The van der Waals surface area contributed by atoms with Gasteiger partial charge in [-0.25, -0.2) is 8.78 Å². The van der Waals surface area contributed by atoms with Crippen LogP contribution >= 0.6 is 0 Å². The van der Waals surface area contributed by atoms with E-state index in [0.29, 0.717) is 45.1 Å². The van der Waals surface area contributed by atoms with E-state index in [0.717, 1.165) is 12.6 Å².